The maximum Gasteiger partial charge on any atom is 0.326 e. The zero-order chi connectivity index (χ0) is 17.4. The quantitative estimate of drug-likeness (QED) is 0.770. The predicted octanol–water partition coefficient (Wildman–Crippen LogP) is 3.07. The zero-order valence-corrected chi connectivity index (χ0v) is 13.6. The second-order valence-corrected chi connectivity index (χ2v) is 5.52. The topological polar surface area (TPSA) is 66.4 Å². The molecule has 0 aliphatic heterocycles. The van der Waals surface area contributed by atoms with E-state index in [4.69, 9.17) is 0 Å². The van der Waals surface area contributed by atoms with E-state index in [2.05, 4.69) is 12.2 Å². The van der Waals surface area contributed by atoms with Gasteiger partial charge in [0.25, 0.3) is 0 Å². The summed E-state index contributed by atoms with van der Waals surface area (Å²) in [6, 6.07) is 16.2. The summed E-state index contributed by atoms with van der Waals surface area (Å²) in [5.41, 5.74) is 2.99. The van der Waals surface area contributed by atoms with E-state index in [1.54, 1.807) is 6.08 Å². The van der Waals surface area contributed by atoms with Crippen LogP contribution in [0.25, 0.3) is 6.08 Å². The van der Waals surface area contributed by atoms with Gasteiger partial charge in [0.05, 0.1) is 0 Å². The van der Waals surface area contributed by atoms with Crippen molar-refractivity contribution in [3.63, 3.8) is 0 Å². The van der Waals surface area contributed by atoms with Crippen LogP contribution in [0.2, 0.25) is 0 Å². The first kappa shape index (κ1) is 17.5. The standard InChI is InChI=1S/C20H21NO3/c1-2-15-8-10-16(11-9-15)12-13-19(22)21-18(20(23)24)14-17-6-4-3-5-7-17/h3-13,18H,2,14H2,1H3,(H,21,22)(H,23,24)/b13-12+/t18-/m0/s1. The summed E-state index contributed by atoms with van der Waals surface area (Å²) in [4.78, 5) is 23.3. The molecule has 0 fully saturated rings. The number of hydrogen-bond acceptors (Lipinski definition) is 2. The van der Waals surface area contributed by atoms with Crippen molar-refractivity contribution in [2.45, 2.75) is 25.8 Å². The Morgan fingerprint density at radius 2 is 1.71 bits per heavy atom. The van der Waals surface area contributed by atoms with Crippen molar-refractivity contribution >= 4 is 18.0 Å². The lowest BCUT2D eigenvalue weighted by atomic mass is 10.1. The first-order chi connectivity index (χ1) is 11.6. The minimum absolute atomic E-state index is 0.251. The van der Waals surface area contributed by atoms with Crippen molar-refractivity contribution in [1.82, 2.24) is 5.32 Å². The van der Waals surface area contributed by atoms with Gasteiger partial charge in [0, 0.05) is 12.5 Å². The Labute approximate surface area is 141 Å². The van der Waals surface area contributed by atoms with Gasteiger partial charge in [0.1, 0.15) is 6.04 Å². The second kappa shape index (κ2) is 8.67. The number of rotatable bonds is 7. The van der Waals surface area contributed by atoms with Gasteiger partial charge in [0.15, 0.2) is 0 Å². The summed E-state index contributed by atoms with van der Waals surface area (Å²) < 4.78 is 0. The minimum atomic E-state index is -1.05. The molecule has 4 heteroatoms. The summed E-state index contributed by atoms with van der Waals surface area (Å²) in [5, 5.41) is 11.8. The summed E-state index contributed by atoms with van der Waals surface area (Å²) in [6.45, 7) is 2.08. The lowest BCUT2D eigenvalue weighted by Gasteiger charge is -2.13. The molecule has 1 amide bonds. The molecule has 0 unspecified atom stereocenters. The van der Waals surface area contributed by atoms with Crippen molar-refractivity contribution in [1.29, 1.82) is 0 Å². The minimum Gasteiger partial charge on any atom is -0.480 e. The second-order valence-electron chi connectivity index (χ2n) is 5.52. The van der Waals surface area contributed by atoms with Crippen molar-refractivity contribution in [3.05, 3.63) is 77.4 Å². The fourth-order valence-electron chi connectivity index (χ4n) is 2.31. The number of aliphatic carboxylic acids is 1. The maximum absolute atomic E-state index is 12.0. The van der Waals surface area contributed by atoms with Gasteiger partial charge < -0.3 is 10.4 Å². The van der Waals surface area contributed by atoms with Crippen LogP contribution < -0.4 is 5.32 Å². The molecule has 0 bridgehead atoms. The van der Waals surface area contributed by atoms with Crippen LogP contribution in [0.5, 0.6) is 0 Å². The van der Waals surface area contributed by atoms with E-state index in [-0.39, 0.29) is 6.42 Å². The van der Waals surface area contributed by atoms with Crippen LogP contribution in [0.15, 0.2) is 60.7 Å². The Balaban J connectivity index is 1.97. The van der Waals surface area contributed by atoms with E-state index in [1.807, 2.05) is 54.6 Å². The van der Waals surface area contributed by atoms with Gasteiger partial charge in [-0.05, 0) is 29.2 Å². The van der Waals surface area contributed by atoms with Gasteiger partial charge in [-0.3, -0.25) is 4.79 Å². The van der Waals surface area contributed by atoms with Gasteiger partial charge >= 0.3 is 5.97 Å². The fraction of sp³-hybridized carbons (Fsp3) is 0.200. The molecule has 0 aromatic heterocycles. The number of carbonyl (C=O) groups is 2. The Hall–Kier alpha value is -2.88. The molecule has 0 heterocycles. The highest BCUT2D eigenvalue weighted by Crippen LogP contribution is 2.07. The first-order valence-electron chi connectivity index (χ1n) is 7.92. The van der Waals surface area contributed by atoms with Crippen LogP contribution in [-0.4, -0.2) is 23.0 Å². The van der Waals surface area contributed by atoms with Crippen LogP contribution in [0, 0.1) is 0 Å². The molecule has 0 spiro atoms. The predicted molar refractivity (Wildman–Crippen MR) is 94.6 cm³/mol. The lowest BCUT2D eigenvalue weighted by molar-refractivity contribution is -0.141. The van der Waals surface area contributed by atoms with Crippen molar-refractivity contribution in [2.75, 3.05) is 0 Å². The first-order valence-corrected chi connectivity index (χ1v) is 7.92. The van der Waals surface area contributed by atoms with Gasteiger partial charge in [0.2, 0.25) is 5.91 Å². The third kappa shape index (κ3) is 5.39. The molecule has 4 nitrogen and oxygen atoms in total. The molecule has 0 saturated heterocycles. The molecule has 24 heavy (non-hydrogen) atoms. The molecular weight excluding hydrogens is 302 g/mol. The van der Waals surface area contributed by atoms with Gasteiger partial charge in [-0.2, -0.15) is 0 Å². The molecule has 0 radical (unpaired) electrons. The summed E-state index contributed by atoms with van der Waals surface area (Å²) in [6.07, 6.45) is 4.25. The third-order valence-electron chi connectivity index (χ3n) is 3.71. The summed E-state index contributed by atoms with van der Waals surface area (Å²) in [7, 11) is 0. The maximum atomic E-state index is 12.0. The van der Waals surface area contributed by atoms with Crippen LogP contribution in [0.1, 0.15) is 23.6 Å². The highest BCUT2D eigenvalue weighted by molar-refractivity contribution is 5.94. The molecule has 1 atom stereocenters. The fourth-order valence-corrected chi connectivity index (χ4v) is 2.31. The van der Waals surface area contributed by atoms with Gasteiger partial charge in [-0.15, -0.1) is 0 Å². The molecule has 2 aromatic carbocycles. The van der Waals surface area contributed by atoms with Crippen molar-refractivity contribution < 1.29 is 14.7 Å². The Morgan fingerprint density at radius 3 is 2.29 bits per heavy atom. The third-order valence-corrected chi connectivity index (χ3v) is 3.71. The Morgan fingerprint density at radius 1 is 1.04 bits per heavy atom. The smallest absolute Gasteiger partial charge is 0.326 e. The number of nitrogens with one attached hydrogen (secondary N) is 1. The highest BCUT2D eigenvalue weighted by atomic mass is 16.4. The summed E-state index contributed by atoms with van der Waals surface area (Å²) in [5.74, 6) is -1.47. The monoisotopic (exact) mass is 323 g/mol. The number of benzene rings is 2. The van der Waals surface area contributed by atoms with Crippen molar-refractivity contribution in [3.8, 4) is 0 Å². The molecular formula is C20H21NO3. The molecule has 0 saturated carbocycles. The molecule has 2 rings (SSSR count). The zero-order valence-electron chi connectivity index (χ0n) is 13.6. The lowest BCUT2D eigenvalue weighted by Crippen LogP contribution is -2.41. The number of hydrogen-bond donors (Lipinski definition) is 2. The average molecular weight is 323 g/mol. The molecule has 2 aromatic rings. The Kier molecular flexibility index (Phi) is 6.32. The molecule has 2 N–H and O–H groups in total. The van der Waals surface area contributed by atoms with Crippen LogP contribution >= 0.6 is 0 Å². The number of amides is 1. The van der Waals surface area contributed by atoms with Crippen LogP contribution in [0.4, 0.5) is 0 Å². The van der Waals surface area contributed by atoms with Crippen LogP contribution in [0.3, 0.4) is 0 Å². The SMILES string of the molecule is CCc1ccc(/C=C/C(=O)N[C@@H](Cc2ccccc2)C(=O)O)cc1. The highest BCUT2D eigenvalue weighted by Gasteiger charge is 2.19. The van der Waals surface area contributed by atoms with E-state index in [9.17, 15) is 14.7 Å². The normalized spacial score (nSPS) is 12.0. The summed E-state index contributed by atoms with van der Waals surface area (Å²) >= 11 is 0. The average Bonchev–Trinajstić information content (AvgIpc) is 2.60. The molecule has 0 aliphatic carbocycles. The molecule has 0 aliphatic rings. The largest absolute Gasteiger partial charge is 0.480 e. The molecule has 124 valence electrons. The van der Waals surface area contributed by atoms with E-state index < -0.39 is 17.9 Å². The number of carboxylic acids is 1. The Bertz CT molecular complexity index is 705. The van der Waals surface area contributed by atoms with Gasteiger partial charge in [-0.25, -0.2) is 4.79 Å². The van der Waals surface area contributed by atoms with E-state index in [1.165, 1.54) is 11.6 Å². The van der Waals surface area contributed by atoms with Crippen molar-refractivity contribution in [2.24, 2.45) is 0 Å². The van der Waals surface area contributed by atoms with E-state index >= 15 is 0 Å². The van der Waals surface area contributed by atoms with E-state index in [0.29, 0.717) is 0 Å². The van der Waals surface area contributed by atoms with E-state index in [0.717, 1.165) is 17.5 Å². The number of carboxylic acid groups (broad SMARTS) is 1. The van der Waals surface area contributed by atoms with Crippen LogP contribution in [-0.2, 0) is 22.4 Å². The van der Waals surface area contributed by atoms with Gasteiger partial charge in [-0.1, -0.05) is 61.5 Å². The number of aryl methyl sites for hydroxylation is 1. The number of carbonyl (C=O) groups excluding carboxylic acids is 1.